The number of pyridine rings is 1. The van der Waals surface area contributed by atoms with Gasteiger partial charge in [0, 0.05) is 24.6 Å². The van der Waals surface area contributed by atoms with Crippen LogP contribution >= 0.6 is 28.1 Å². The molecule has 0 aliphatic heterocycles. The Bertz CT molecular complexity index is 498. The van der Waals surface area contributed by atoms with E-state index in [1.165, 1.54) is 11.5 Å². The fraction of sp³-hybridized carbons (Fsp3) is 0.222. The van der Waals surface area contributed by atoms with Gasteiger partial charge in [-0.3, -0.25) is 9.59 Å². The molecule has 0 radical (unpaired) electrons. The van der Waals surface area contributed by atoms with Gasteiger partial charge in [-0.05, 0) is 34.2 Å². The number of thiocarbonyl (C=S) groups is 1. The van der Waals surface area contributed by atoms with Gasteiger partial charge in [0.25, 0.3) is 5.56 Å². The van der Waals surface area contributed by atoms with Crippen LogP contribution < -0.4 is 16.2 Å². The molecule has 1 heterocycles. The van der Waals surface area contributed by atoms with Crippen LogP contribution in [0.5, 0.6) is 0 Å². The Morgan fingerprint density at radius 3 is 2.75 bits per heavy atom. The minimum Gasteiger partial charge on any atom is -0.328 e. The molecule has 2 N–H and O–H groups in total. The molecule has 86 valence electrons. The minimum absolute atomic E-state index is 0.0997. The lowest BCUT2D eigenvalue weighted by Crippen LogP contribution is -2.34. The number of hydrogen-bond donors (Lipinski definition) is 2. The first-order chi connectivity index (χ1) is 7.40. The summed E-state index contributed by atoms with van der Waals surface area (Å²) in [4.78, 5) is 22.4. The molecule has 1 amide bonds. The quantitative estimate of drug-likeness (QED) is 0.759. The summed E-state index contributed by atoms with van der Waals surface area (Å²) < 4.78 is 2.14. The third-order valence-electron chi connectivity index (χ3n) is 1.69. The minimum atomic E-state index is -0.288. The van der Waals surface area contributed by atoms with Crippen molar-refractivity contribution in [3.63, 3.8) is 0 Å². The molecule has 0 aliphatic carbocycles. The van der Waals surface area contributed by atoms with Gasteiger partial charge in [-0.15, -0.1) is 0 Å². The summed E-state index contributed by atoms with van der Waals surface area (Å²) in [6.07, 6.45) is 1.63. The molecule has 7 heteroatoms. The molecule has 0 bridgehead atoms. The number of hydrogen-bond acceptors (Lipinski definition) is 3. The summed E-state index contributed by atoms with van der Waals surface area (Å²) in [6.45, 7) is 1.34. The van der Waals surface area contributed by atoms with Crippen LogP contribution in [-0.2, 0) is 11.8 Å². The van der Waals surface area contributed by atoms with E-state index < -0.39 is 0 Å². The molecule has 0 spiro atoms. The fourth-order valence-corrected chi connectivity index (χ4v) is 1.86. The highest BCUT2D eigenvalue weighted by atomic mass is 79.9. The second-order valence-electron chi connectivity index (χ2n) is 3.12. The Morgan fingerprint density at radius 1 is 1.56 bits per heavy atom. The fourth-order valence-electron chi connectivity index (χ4n) is 1.07. The van der Waals surface area contributed by atoms with Gasteiger partial charge in [0.15, 0.2) is 5.11 Å². The SMILES string of the molecule is CC(=O)NC(=S)Nc1cc(Br)cn(C)c1=O. The Hall–Kier alpha value is -1.21. The number of aryl methyl sites for hydroxylation is 1. The third kappa shape index (κ3) is 3.42. The van der Waals surface area contributed by atoms with Crippen molar-refractivity contribution in [2.45, 2.75) is 6.92 Å². The van der Waals surface area contributed by atoms with Crippen molar-refractivity contribution in [3.05, 3.63) is 27.1 Å². The lowest BCUT2D eigenvalue weighted by Gasteiger charge is -2.09. The lowest BCUT2D eigenvalue weighted by molar-refractivity contribution is -0.117. The Kier molecular flexibility index (Phi) is 4.19. The zero-order chi connectivity index (χ0) is 12.3. The predicted octanol–water partition coefficient (Wildman–Crippen LogP) is 0.981. The van der Waals surface area contributed by atoms with Crippen LogP contribution in [0, 0.1) is 0 Å². The number of nitrogens with zero attached hydrogens (tertiary/aromatic N) is 1. The first-order valence-corrected chi connectivity index (χ1v) is 5.55. The van der Waals surface area contributed by atoms with Gasteiger partial charge in [0.2, 0.25) is 5.91 Å². The van der Waals surface area contributed by atoms with Gasteiger partial charge >= 0.3 is 0 Å². The molecule has 0 aliphatic rings. The van der Waals surface area contributed by atoms with Crippen LogP contribution in [0.2, 0.25) is 0 Å². The normalized spacial score (nSPS) is 9.69. The zero-order valence-corrected chi connectivity index (χ0v) is 11.1. The maximum atomic E-state index is 11.6. The monoisotopic (exact) mass is 303 g/mol. The van der Waals surface area contributed by atoms with Crippen molar-refractivity contribution in [2.75, 3.05) is 5.32 Å². The maximum Gasteiger partial charge on any atom is 0.274 e. The van der Waals surface area contributed by atoms with Gasteiger partial charge in [-0.25, -0.2) is 0 Å². The van der Waals surface area contributed by atoms with Crippen LogP contribution in [0.3, 0.4) is 0 Å². The van der Waals surface area contributed by atoms with Crippen LogP contribution in [-0.4, -0.2) is 15.6 Å². The lowest BCUT2D eigenvalue weighted by atomic mass is 10.4. The van der Waals surface area contributed by atoms with E-state index in [-0.39, 0.29) is 16.6 Å². The van der Waals surface area contributed by atoms with Gasteiger partial charge in [-0.1, -0.05) is 0 Å². The number of aromatic nitrogens is 1. The van der Waals surface area contributed by atoms with Gasteiger partial charge in [0.05, 0.1) is 0 Å². The summed E-state index contributed by atoms with van der Waals surface area (Å²) in [5.74, 6) is -0.288. The average Bonchev–Trinajstić information content (AvgIpc) is 2.11. The second-order valence-corrected chi connectivity index (χ2v) is 4.45. The standard InChI is InChI=1S/C9H10BrN3O2S/c1-5(14)11-9(16)12-7-3-6(10)4-13(2)8(7)15/h3-4H,1-2H3,(H2,11,12,14,16). The Labute approximate surface area is 106 Å². The van der Waals surface area contributed by atoms with Crippen molar-refractivity contribution in [2.24, 2.45) is 7.05 Å². The molecule has 0 saturated heterocycles. The molecule has 1 aromatic rings. The number of carbonyl (C=O) groups is 1. The summed E-state index contributed by atoms with van der Waals surface area (Å²) >= 11 is 8.11. The summed E-state index contributed by atoms with van der Waals surface area (Å²) in [6, 6.07) is 1.59. The molecule has 16 heavy (non-hydrogen) atoms. The number of anilines is 1. The topological polar surface area (TPSA) is 63.1 Å². The molecule has 1 aromatic heterocycles. The zero-order valence-electron chi connectivity index (χ0n) is 8.70. The largest absolute Gasteiger partial charge is 0.328 e. The molecule has 0 atom stereocenters. The van der Waals surface area contributed by atoms with Crippen molar-refractivity contribution in [1.82, 2.24) is 9.88 Å². The summed E-state index contributed by atoms with van der Waals surface area (Å²) in [5, 5.41) is 5.13. The number of rotatable bonds is 1. The smallest absolute Gasteiger partial charge is 0.274 e. The number of carbonyl (C=O) groups excluding carboxylic acids is 1. The van der Waals surface area contributed by atoms with Crippen molar-refractivity contribution in [1.29, 1.82) is 0 Å². The van der Waals surface area contributed by atoms with E-state index in [0.29, 0.717) is 5.69 Å². The molecule has 1 rings (SSSR count). The van der Waals surface area contributed by atoms with Crippen LogP contribution in [0.25, 0.3) is 0 Å². The maximum absolute atomic E-state index is 11.6. The van der Waals surface area contributed by atoms with Crippen molar-refractivity contribution >= 4 is 44.9 Å². The first-order valence-electron chi connectivity index (χ1n) is 4.35. The van der Waals surface area contributed by atoms with Crippen LogP contribution in [0.15, 0.2) is 21.5 Å². The van der Waals surface area contributed by atoms with Crippen molar-refractivity contribution < 1.29 is 4.79 Å². The Balaban J connectivity index is 2.93. The van der Waals surface area contributed by atoms with Crippen LogP contribution in [0.1, 0.15) is 6.92 Å². The number of halogens is 1. The summed E-state index contributed by atoms with van der Waals surface area (Å²) in [5.41, 5.74) is 0.0755. The highest BCUT2D eigenvalue weighted by Gasteiger charge is 2.06. The van der Waals surface area contributed by atoms with Crippen molar-refractivity contribution in [3.8, 4) is 0 Å². The summed E-state index contributed by atoms with van der Waals surface area (Å²) in [7, 11) is 1.62. The molecule has 0 saturated carbocycles. The molecule has 0 fully saturated rings. The molecule has 0 unspecified atom stereocenters. The highest BCUT2D eigenvalue weighted by molar-refractivity contribution is 9.10. The van der Waals surface area contributed by atoms with E-state index in [0.717, 1.165) is 4.47 Å². The molecule has 0 aromatic carbocycles. The average molecular weight is 304 g/mol. The van der Waals surface area contributed by atoms with Gasteiger partial charge in [-0.2, -0.15) is 0 Å². The van der Waals surface area contributed by atoms with E-state index in [2.05, 4.69) is 26.6 Å². The second kappa shape index (κ2) is 5.22. The first kappa shape index (κ1) is 12.9. The predicted molar refractivity (Wildman–Crippen MR) is 69.4 cm³/mol. The van der Waals surface area contributed by atoms with E-state index in [4.69, 9.17) is 12.2 Å². The number of amides is 1. The molecular formula is C9H10BrN3O2S. The third-order valence-corrected chi connectivity index (χ3v) is 2.33. The Morgan fingerprint density at radius 2 is 2.19 bits per heavy atom. The molecular weight excluding hydrogens is 294 g/mol. The van der Waals surface area contributed by atoms with Gasteiger partial charge < -0.3 is 15.2 Å². The van der Waals surface area contributed by atoms with E-state index in [1.807, 2.05) is 0 Å². The number of nitrogens with one attached hydrogen (secondary N) is 2. The van der Waals surface area contributed by atoms with E-state index >= 15 is 0 Å². The van der Waals surface area contributed by atoms with E-state index in [9.17, 15) is 9.59 Å². The highest BCUT2D eigenvalue weighted by Crippen LogP contribution is 2.11. The van der Waals surface area contributed by atoms with Gasteiger partial charge in [0.1, 0.15) is 5.69 Å². The van der Waals surface area contributed by atoms with E-state index in [1.54, 1.807) is 19.3 Å². The molecule has 5 nitrogen and oxygen atoms in total. The van der Waals surface area contributed by atoms with Crippen LogP contribution in [0.4, 0.5) is 5.69 Å².